The van der Waals surface area contributed by atoms with Gasteiger partial charge in [-0.3, -0.25) is 4.98 Å². The molecule has 7 heteroatoms. The van der Waals surface area contributed by atoms with Gasteiger partial charge in [-0.1, -0.05) is 6.07 Å². The van der Waals surface area contributed by atoms with Crippen LogP contribution in [-0.2, 0) is 13.0 Å². The minimum absolute atomic E-state index is 0.501. The average Bonchev–Trinajstić information content (AvgIpc) is 2.81. The maximum absolute atomic E-state index is 5.34. The van der Waals surface area contributed by atoms with Crippen molar-refractivity contribution in [3.05, 3.63) is 41.2 Å². The van der Waals surface area contributed by atoms with Gasteiger partial charge in [0.2, 0.25) is 5.88 Å². The molecule has 0 saturated heterocycles. The normalized spacial score (nSPS) is 10.8. The Labute approximate surface area is 120 Å². The number of rotatable bonds is 4. The van der Waals surface area contributed by atoms with Crippen LogP contribution in [0.3, 0.4) is 0 Å². The lowest BCUT2D eigenvalue weighted by molar-refractivity contribution is 0.401. The molecule has 3 rings (SSSR count). The Balaban J connectivity index is 1.96. The number of imidazole rings is 1. The number of aromatic amines is 1. The molecule has 0 spiro atoms. The molecule has 20 heavy (non-hydrogen) atoms. The average molecular weight is 287 g/mol. The van der Waals surface area contributed by atoms with E-state index < -0.39 is 0 Å². The lowest BCUT2D eigenvalue weighted by Crippen LogP contribution is -2.03. The van der Waals surface area contributed by atoms with Gasteiger partial charge in [-0.25, -0.2) is 4.98 Å². The summed E-state index contributed by atoms with van der Waals surface area (Å²) >= 11 is 5.34. The van der Waals surface area contributed by atoms with Gasteiger partial charge >= 0.3 is 0 Å². The second-order valence-electron chi connectivity index (χ2n) is 4.27. The number of aromatic nitrogens is 5. The molecule has 0 aromatic carbocycles. The summed E-state index contributed by atoms with van der Waals surface area (Å²) in [5.74, 6) is 0.501. The van der Waals surface area contributed by atoms with Crippen LogP contribution in [0.5, 0.6) is 5.88 Å². The second kappa shape index (κ2) is 5.38. The molecule has 0 saturated carbocycles. The predicted octanol–water partition coefficient (Wildman–Crippen LogP) is 2.14. The Hall–Kier alpha value is -2.28. The molecule has 0 atom stereocenters. The number of fused-ring (bicyclic) bond motifs is 1. The summed E-state index contributed by atoms with van der Waals surface area (Å²) in [5.41, 5.74) is 2.64. The first kappa shape index (κ1) is 12.7. The number of nitrogens with one attached hydrogen (secondary N) is 1. The Morgan fingerprint density at radius 3 is 3.05 bits per heavy atom. The number of pyridine rings is 1. The third kappa shape index (κ3) is 2.27. The molecule has 0 aliphatic rings. The fourth-order valence-electron chi connectivity index (χ4n) is 2.09. The number of nitrogens with zero attached hydrogens (tertiary/aromatic N) is 4. The molecule has 0 fully saturated rings. The minimum Gasteiger partial charge on any atom is -0.479 e. The van der Waals surface area contributed by atoms with Crippen molar-refractivity contribution in [3.8, 4) is 5.88 Å². The summed E-state index contributed by atoms with van der Waals surface area (Å²) < 4.78 is 7.77. The lowest BCUT2D eigenvalue weighted by atomic mass is 10.2. The molecular formula is C13H13N5OS. The summed E-state index contributed by atoms with van der Waals surface area (Å²) in [6.45, 7) is 0.727. The molecule has 0 aliphatic carbocycles. The number of ether oxygens (including phenoxy) is 1. The van der Waals surface area contributed by atoms with Gasteiger partial charge in [0.05, 0.1) is 7.11 Å². The van der Waals surface area contributed by atoms with E-state index in [1.54, 1.807) is 13.3 Å². The fraction of sp³-hybridized carbons (Fsp3) is 0.231. The Morgan fingerprint density at radius 1 is 1.40 bits per heavy atom. The van der Waals surface area contributed by atoms with E-state index in [4.69, 9.17) is 17.0 Å². The molecule has 3 heterocycles. The summed E-state index contributed by atoms with van der Waals surface area (Å²) in [6, 6.07) is 3.97. The molecule has 0 radical (unpaired) electrons. The summed E-state index contributed by atoms with van der Waals surface area (Å²) in [5, 5.41) is 0. The highest BCUT2D eigenvalue weighted by atomic mass is 32.1. The van der Waals surface area contributed by atoms with Crippen molar-refractivity contribution < 1.29 is 4.74 Å². The number of methoxy groups -OCH3 is 1. The van der Waals surface area contributed by atoms with E-state index in [1.807, 2.05) is 22.9 Å². The molecule has 3 aromatic heterocycles. The summed E-state index contributed by atoms with van der Waals surface area (Å²) in [4.78, 5) is 15.5. The van der Waals surface area contributed by atoms with Crippen LogP contribution in [0.4, 0.5) is 0 Å². The van der Waals surface area contributed by atoms with Crippen LogP contribution in [0.15, 0.2) is 30.9 Å². The molecule has 0 aliphatic heterocycles. The van der Waals surface area contributed by atoms with Gasteiger partial charge in [0.1, 0.15) is 11.8 Å². The van der Waals surface area contributed by atoms with Crippen molar-refractivity contribution in [2.45, 2.75) is 13.0 Å². The first-order valence-corrected chi connectivity index (χ1v) is 6.57. The van der Waals surface area contributed by atoms with Crippen LogP contribution in [0.25, 0.3) is 11.2 Å². The zero-order valence-corrected chi connectivity index (χ0v) is 11.7. The highest BCUT2D eigenvalue weighted by molar-refractivity contribution is 7.71. The maximum Gasteiger partial charge on any atom is 0.242 e. The zero-order chi connectivity index (χ0) is 13.9. The van der Waals surface area contributed by atoms with Gasteiger partial charge in [-0.2, -0.15) is 4.98 Å². The van der Waals surface area contributed by atoms with Gasteiger partial charge in [0, 0.05) is 18.9 Å². The molecule has 102 valence electrons. The van der Waals surface area contributed by atoms with Crippen LogP contribution in [0, 0.1) is 4.77 Å². The van der Waals surface area contributed by atoms with E-state index in [1.165, 1.54) is 6.33 Å². The third-order valence-electron chi connectivity index (χ3n) is 3.07. The summed E-state index contributed by atoms with van der Waals surface area (Å²) in [7, 11) is 1.58. The highest BCUT2D eigenvalue weighted by Crippen LogP contribution is 2.20. The van der Waals surface area contributed by atoms with Crippen molar-refractivity contribution in [2.75, 3.05) is 7.11 Å². The van der Waals surface area contributed by atoms with Crippen molar-refractivity contribution in [2.24, 2.45) is 0 Å². The zero-order valence-electron chi connectivity index (χ0n) is 10.9. The Morgan fingerprint density at radius 2 is 2.30 bits per heavy atom. The van der Waals surface area contributed by atoms with E-state index in [9.17, 15) is 0 Å². The monoisotopic (exact) mass is 287 g/mol. The van der Waals surface area contributed by atoms with Gasteiger partial charge in [-0.15, -0.1) is 0 Å². The minimum atomic E-state index is 0.501. The fourth-order valence-corrected chi connectivity index (χ4v) is 2.37. The molecule has 1 N–H and O–H groups in total. The first-order chi connectivity index (χ1) is 9.79. The van der Waals surface area contributed by atoms with Crippen LogP contribution in [0.2, 0.25) is 0 Å². The second-order valence-corrected chi connectivity index (χ2v) is 4.66. The van der Waals surface area contributed by atoms with E-state index in [2.05, 4.69) is 19.9 Å². The van der Waals surface area contributed by atoms with Crippen molar-refractivity contribution in [1.82, 2.24) is 24.5 Å². The largest absolute Gasteiger partial charge is 0.479 e. The third-order valence-corrected chi connectivity index (χ3v) is 3.39. The Kier molecular flexibility index (Phi) is 3.42. The first-order valence-electron chi connectivity index (χ1n) is 6.16. The SMILES string of the molecule is COc1ncnc2c1[nH]c(=S)n2CCc1cccnc1. The van der Waals surface area contributed by atoms with Crippen LogP contribution in [-0.4, -0.2) is 31.6 Å². The number of hydrogen-bond acceptors (Lipinski definition) is 5. The lowest BCUT2D eigenvalue weighted by Gasteiger charge is -2.04. The van der Waals surface area contributed by atoms with Crippen LogP contribution < -0.4 is 4.74 Å². The van der Waals surface area contributed by atoms with E-state index >= 15 is 0 Å². The molecule has 0 unspecified atom stereocenters. The van der Waals surface area contributed by atoms with Crippen LogP contribution in [0.1, 0.15) is 5.56 Å². The standard InChI is InChI=1S/C13H13N5OS/c1-19-12-10-11(15-8-16-12)18(13(20)17-10)6-4-9-3-2-5-14-7-9/h2-3,5,7-8H,4,6H2,1H3,(H,17,20). The molecule has 0 bridgehead atoms. The maximum atomic E-state index is 5.34. The van der Waals surface area contributed by atoms with Crippen LogP contribution >= 0.6 is 12.2 Å². The van der Waals surface area contributed by atoms with Gasteiger partial charge < -0.3 is 14.3 Å². The molecule has 6 nitrogen and oxygen atoms in total. The number of H-pyrrole nitrogens is 1. The molecule has 3 aromatic rings. The van der Waals surface area contributed by atoms with Crippen molar-refractivity contribution >= 4 is 23.4 Å². The van der Waals surface area contributed by atoms with E-state index in [0.717, 1.165) is 29.7 Å². The molecule has 0 amide bonds. The van der Waals surface area contributed by atoms with Crippen molar-refractivity contribution in [3.63, 3.8) is 0 Å². The topological polar surface area (TPSA) is 68.6 Å². The van der Waals surface area contributed by atoms with Gasteiger partial charge in [0.25, 0.3) is 0 Å². The number of hydrogen-bond donors (Lipinski definition) is 1. The Bertz CT molecular complexity index is 780. The van der Waals surface area contributed by atoms with E-state index in [0.29, 0.717) is 10.7 Å². The highest BCUT2D eigenvalue weighted by Gasteiger charge is 2.11. The van der Waals surface area contributed by atoms with Crippen molar-refractivity contribution in [1.29, 1.82) is 0 Å². The molecular weight excluding hydrogens is 274 g/mol. The number of aryl methyl sites for hydroxylation is 2. The van der Waals surface area contributed by atoms with Gasteiger partial charge in [-0.05, 0) is 30.3 Å². The quantitative estimate of drug-likeness (QED) is 0.745. The smallest absolute Gasteiger partial charge is 0.242 e. The summed E-state index contributed by atoms with van der Waals surface area (Å²) in [6.07, 6.45) is 5.93. The van der Waals surface area contributed by atoms with E-state index in [-0.39, 0.29) is 0 Å². The predicted molar refractivity (Wildman–Crippen MR) is 77.2 cm³/mol. The van der Waals surface area contributed by atoms with Gasteiger partial charge in [0.15, 0.2) is 10.4 Å².